The second kappa shape index (κ2) is 11.6. The summed E-state index contributed by atoms with van der Waals surface area (Å²) in [5.74, 6) is -1.80. The minimum absolute atomic E-state index is 0.0957. The van der Waals surface area contributed by atoms with Crippen LogP contribution in [0.2, 0.25) is 0 Å². The van der Waals surface area contributed by atoms with Gasteiger partial charge in [-0.05, 0) is 44.9 Å². The zero-order valence-electron chi connectivity index (χ0n) is 21.1. The van der Waals surface area contributed by atoms with E-state index in [2.05, 4.69) is 15.6 Å². The number of ether oxygens (including phenoxy) is 2. The lowest BCUT2D eigenvalue weighted by Crippen LogP contribution is -2.56. The molecule has 0 amide bonds. The first-order chi connectivity index (χ1) is 17.9. The number of aromatic nitrogens is 1. The van der Waals surface area contributed by atoms with E-state index in [-0.39, 0.29) is 26.2 Å². The van der Waals surface area contributed by atoms with E-state index in [1.54, 1.807) is 20.8 Å². The summed E-state index contributed by atoms with van der Waals surface area (Å²) in [7, 11) is 0. The lowest BCUT2D eigenvalue weighted by atomic mass is 9.72. The van der Waals surface area contributed by atoms with E-state index in [1.165, 1.54) is 11.3 Å². The van der Waals surface area contributed by atoms with E-state index in [9.17, 15) is 14.7 Å². The molecule has 0 spiro atoms. The molecule has 1 aliphatic rings. The van der Waals surface area contributed by atoms with Gasteiger partial charge in [-0.2, -0.15) is 0 Å². The molecule has 2 unspecified atom stereocenters. The lowest BCUT2D eigenvalue weighted by molar-refractivity contribution is -0.153. The standard InChI is InChI=1S/C28H31N3O5S/c1-4-35-25(33)22-15-23(26(34)36-5-2)28(17-32,31-18(22)3)20-11-13-21(14-12-20)29-27-30-24(16-37-27)19-9-7-6-8-10-19/h6-14,16,23,31-32H,4-5,15,17H2,1-3H3,(H,29,30). The number of benzene rings is 2. The maximum absolute atomic E-state index is 13.0. The van der Waals surface area contributed by atoms with Crippen LogP contribution in [0.15, 0.2) is 71.2 Å². The Kier molecular flexibility index (Phi) is 8.25. The average Bonchev–Trinajstić information content (AvgIpc) is 3.38. The van der Waals surface area contributed by atoms with E-state index in [0.29, 0.717) is 16.8 Å². The van der Waals surface area contributed by atoms with Gasteiger partial charge in [-0.15, -0.1) is 11.3 Å². The SMILES string of the molecule is CCOC(=O)C1=C(C)NC(CO)(c2ccc(Nc3nc(-c4ccccc4)cs3)cc2)C(C(=O)OCC)C1. The van der Waals surface area contributed by atoms with Gasteiger partial charge in [-0.1, -0.05) is 42.5 Å². The topological polar surface area (TPSA) is 110 Å². The molecule has 0 bridgehead atoms. The number of anilines is 2. The van der Waals surface area contributed by atoms with Crippen LogP contribution >= 0.6 is 11.3 Å². The van der Waals surface area contributed by atoms with E-state index >= 15 is 0 Å². The third kappa shape index (κ3) is 5.52. The molecule has 2 heterocycles. The highest BCUT2D eigenvalue weighted by molar-refractivity contribution is 7.14. The maximum atomic E-state index is 13.0. The molecule has 0 saturated carbocycles. The number of thiazole rings is 1. The fraction of sp³-hybridized carbons (Fsp3) is 0.321. The zero-order chi connectivity index (χ0) is 26.4. The molecule has 8 nitrogen and oxygen atoms in total. The fourth-order valence-corrected chi connectivity index (χ4v) is 5.31. The molecular weight excluding hydrogens is 490 g/mol. The first kappa shape index (κ1) is 26.4. The van der Waals surface area contributed by atoms with E-state index < -0.39 is 23.4 Å². The Hall–Kier alpha value is -3.69. The van der Waals surface area contributed by atoms with Gasteiger partial charge >= 0.3 is 11.9 Å². The molecule has 1 aliphatic heterocycles. The van der Waals surface area contributed by atoms with Crippen LogP contribution < -0.4 is 10.6 Å². The second-order valence-electron chi connectivity index (χ2n) is 8.69. The van der Waals surface area contributed by atoms with Crippen molar-refractivity contribution in [3.63, 3.8) is 0 Å². The summed E-state index contributed by atoms with van der Waals surface area (Å²) in [6.07, 6.45) is 0.0957. The number of aliphatic hydroxyl groups is 1. The Labute approximate surface area is 220 Å². The number of allylic oxidation sites excluding steroid dienone is 1. The van der Waals surface area contributed by atoms with Crippen LogP contribution in [0.4, 0.5) is 10.8 Å². The molecule has 37 heavy (non-hydrogen) atoms. The van der Waals surface area contributed by atoms with Crippen molar-refractivity contribution in [1.82, 2.24) is 10.3 Å². The van der Waals surface area contributed by atoms with Crippen LogP contribution in [0.1, 0.15) is 32.8 Å². The normalized spacial score (nSPS) is 19.2. The Bertz CT molecular complexity index is 1270. The largest absolute Gasteiger partial charge is 0.466 e. The van der Waals surface area contributed by atoms with Gasteiger partial charge in [0.05, 0.1) is 42.5 Å². The summed E-state index contributed by atoms with van der Waals surface area (Å²) in [6.45, 7) is 5.25. The number of rotatable bonds is 9. The zero-order valence-corrected chi connectivity index (χ0v) is 21.9. The van der Waals surface area contributed by atoms with Gasteiger partial charge in [0, 0.05) is 22.3 Å². The van der Waals surface area contributed by atoms with Crippen molar-refractivity contribution in [2.75, 3.05) is 25.1 Å². The predicted molar refractivity (Wildman–Crippen MR) is 143 cm³/mol. The smallest absolute Gasteiger partial charge is 0.335 e. The molecule has 9 heteroatoms. The number of aliphatic hydroxyl groups excluding tert-OH is 1. The molecule has 0 fully saturated rings. The van der Waals surface area contributed by atoms with E-state index in [0.717, 1.165) is 22.1 Å². The average molecular weight is 522 g/mol. The molecule has 1 aromatic heterocycles. The number of carbonyl (C=O) groups is 2. The molecule has 3 aromatic rings. The molecule has 0 saturated heterocycles. The highest BCUT2D eigenvalue weighted by atomic mass is 32.1. The van der Waals surface area contributed by atoms with Crippen molar-refractivity contribution in [2.24, 2.45) is 5.92 Å². The first-order valence-corrected chi connectivity index (χ1v) is 13.1. The molecule has 0 aliphatic carbocycles. The van der Waals surface area contributed by atoms with Crippen LogP contribution in [0.5, 0.6) is 0 Å². The summed E-state index contributed by atoms with van der Waals surface area (Å²) >= 11 is 1.51. The Balaban J connectivity index is 1.61. The second-order valence-corrected chi connectivity index (χ2v) is 9.55. The molecule has 0 radical (unpaired) electrons. The van der Waals surface area contributed by atoms with Crippen LogP contribution in [-0.2, 0) is 24.6 Å². The van der Waals surface area contributed by atoms with Crippen LogP contribution in [0.25, 0.3) is 11.3 Å². The van der Waals surface area contributed by atoms with Crippen LogP contribution in [0.3, 0.4) is 0 Å². The summed E-state index contributed by atoms with van der Waals surface area (Å²) < 4.78 is 10.5. The minimum atomic E-state index is -1.16. The Morgan fingerprint density at radius 3 is 2.46 bits per heavy atom. The van der Waals surface area contributed by atoms with Crippen LogP contribution in [-0.4, -0.2) is 41.8 Å². The highest BCUT2D eigenvalue weighted by Crippen LogP contribution is 2.41. The summed E-state index contributed by atoms with van der Waals surface area (Å²) in [5.41, 5.74) is 3.23. The highest BCUT2D eigenvalue weighted by Gasteiger charge is 2.49. The number of nitrogens with zero attached hydrogens (tertiary/aromatic N) is 1. The third-order valence-electron chi connectivity index (χ3n) is 6.43. The van der Waals surface area contributed by atoms with Crippen molar-refractivity contribution in [3.8, 4) is 11.3 Å². The maximum Gasteiger partial charge on any atom is 0.335 e. The molecule has 194 valence electrons. The van der Waals surface area contributed by atoms with Crippen molar-refractivity contribution < 1.29 is 24.2 Å². The number of esters is 2. The third-order valence-corrected chi connectivity index (χ3v) is 7.19. The summed E-state index contributed by atoms with van der Waals surface area (Å²) in [6, 6.07) is 17.4. The number of nitrogens with one attached hydrogen (secondary N) is 2. The minimum Gasteiger partial charge on any atom is -0.466 e. The van der Waals surface area contributed by atoms with Gasteiger partial charge in [0.15, 0.2) is 5.13 Å². The van der Waals surface area contributed by atoms with Crippen molar-refractivity contribution in [2.45, 2.75) is 32.7 Å². The van der Waals surface area contributed by atoms with Crippen molar-refractivity contribution in [1.29, 1.82) is 0 Å². The first-order valence-electron chi connectivity index (χ1n) is 12.2. The Morgan fingerprint density at radius 1 is 1.11 bits per heavy atom. The summed E-state index contributed by atoms with van der Waals surface area (Å²) in [5, 5.41) is 19.9. The van der Waals surface area contributed by atoms with Crippen molar-refractivity contribution >= 4 is 34.1 Å². The number of carbonyl (C=O) groups excluding carboxylic acids is 2. The monoisotopic (exact) mass is 521 g/mol. The number of hydrogen-bond acceptors (Lipinski definition) is 9. The lowest BCUT2D eigenvalue weighted by Gasteiger charge is -2.44. The van der Waals surface area contributed by atoms with E-state index in [4.69, 9.17) is 9.47 Å². The van der Waals surface area contributed by atoms with Crippen molar-refractivity contribution in [3.05, 3.63) is 76.8 Å². The molecular formula is C28H31N3O5S. The molecule has 2 atom stereocenters. The van der Waals surface area contributed by atoms with Gasteiger partial charge in [-0.3, -0.25) is 4.79 Å². The number of hydrogen-bond donors (Lipinski definition) is 3. The summed E-state index contributed by atoms with van der Waals surface area (Å²) in [4.78, 5) is 30.2. The van der Waals surface area contributed by atoms with Gasteiger partial charge in [0.25, 0.3) is 0 Å². The predicted octanol–water partition coefficient (Wildman–Crippen LogP) is 4.75. The fourth-order valence-electron chi connectivity index (χ4n) is 4.57. The van der Waals surface area contributed by atoms with Gasteiger partial charge in [-0.25, -0.2) is 9.78 Å². The molecule has 2 aromatic carbocycles. The van der Waals surface area contributed by atoms with Crippen LogP contribution in [0, 0.1) is 5.92 Å². The van der Waals surface area contributed by atoms with Gasteiger partial charge < -0.3 is 25.2 Å². The Morgan fingerprint density at radius 2 is 1.81 bits per heavy atom. The van der Waals surface area contributed by atoms with E-state index in [1.807, 2.05) is 60.0 Å². The van der Waals surface area contributed by atoms with Gasteiger partial charge in [0.2, 0.25) is 0 Å². The van der Waals surface area contributed by atoms with Gasteiger partial charge in [0.1, 0.15) is 0 Å². The molecule has 4 rings (SSSR count). The quantitative estimate of drug-likeness (QED) is 0.346. The molecule has 3 N–H and O–H groups in total.